The first kappa shape index (κ1) is 63.2. The molecule has 0 aliphatic heterocycles. The number of rotatable bonds is 43. The number of benzene rings is 3. The SMILES string of the molecule is CCCCCCCCCCCC(=O)OCC(CSCC(NC(=O)OCC1c2ccccc2-c2ccccc21)C(=O)NCCc1ccc(OCCCP(=O)(OCC)OCC)cc1)OC(=O)CCCCCCCCCCC. The van der Waals surface area contributed by atoms with Crippen LogP contribution >= 0.6 is 19.4 Å². The van der Waals surface area contributed by atoms with Crippen molar-refractivity contribution in [3.05, 3.63) is 89.5 Å². The van der Waals surface area contributed by atoms with Crippen LogP contribution in [0.4, 0.5) is 4.79 Å². The van der Waals surface area contributed by atoms with Crippen molar-refractivity contribution in [2.75, 3.05) is 57.2 Å². The Balaban J connectivity index is 1.35. The van der Waals surface area contributed by atoms with Gasteiger partial charge >= 0.3 is 25.6 Å². The normalized spacial score (nSPS) is 12.9. The molecule has 0 aromatic heterocycles. The molecule has 0 bridgehead atoms. The fourth-order valence-electron chi connectivity index (χ4n) is 9.28. The first-order valence-corrected chi connectivity index (χ1v) is 31.4. The van der Waals surface area contributed by atoms with E-state index in [0.29, 0.717) is 51.4 Å². The number of alkyl carbamates (subject to hydrolysis) is 1. The number of fused-ring (bicyclic) bond motifs is 3. The molecule has 418 valence electrons. The minimum Gasteiger partial charge on any atom is -0.494 e. The lowest BCUT2D eigenvalue weighted by molar-refractivity contribution is -0.157. The molecule has 2 unspecified atom stereocenters. The van der Waals surface area contributed by atoms with Crippen LogP contribution in [0.1, 0.15) is 185 Å². The van der Waals surface area contributed by atoms with Crippen molar-refractivity contribution in [2.45, 2.75) is 187 Å². The number of carbonyl (C=O) groups excluding carboxylic acids is 4. The molecule has 3 aromatic rings. The van der Waals surface area contributed by atoms with E-state index in [1.54, 1.807) is 13.8 Å². The van der Waals surface area contributed by atoms with E-state index < -0.39 is 31.7 Å². The summed E-state index contributed by atoms with van der Waals surface area (Å²) in [6.07, 6.45) is 20.9. The molecule has 15 heteroatoms. The maximum atomic E-state index is 14.0. The predicted molar refractivity (Wildman–Crippen MR) is 303 cm³/mol. The van der Waals surface area contributed by atoms with Crippen LogP contribution in [0.3, 0.4) is 0 Å². The second-order valence-corrected chi connectivity index (χ2v) is 22.8. The van der Waals surface area contributed by atoms with Crippen LogP contribution < -0.4 is 15.4 Å². The van der Waals surface area contributed by atoms with Crippen molar-refractivity contribution >= 4 is 43.3 Å². The van der Waals surface area contributed by atoms with Gasteiger partial charge in [0.1, 0.15) is 31.1 Å². The summed E-state index contributed by atoms with van der Waals surface area (Å²) in [4.78, 5) is 53.7. The minimum absolute atomic E-state index is 0.0861. The number of unbranched alkanes of at least 4 members (excludes halogenated alkanes) is 16. The van der Waals surface area contributed by atoms with Gasteiger partial charge in [-0.05, 0) is 79.5 Å². The molecule has 0 spiro atoms. The van der Waals surface area contributed by atoms with Gasteiger partial charge in [0.25, 0.3) is 0 Å². The van der Waals surface area contributed by atoms with Crippen molar-refractivity contribution in [3.63, 3.8) is 0 Å². The molecule has 0 saturated heterocycles. The Labute approximate surface area is 454 Å². The number of nitrogens with one attached hydrogen (secondary N) is 2. The van der Waals surface area contributed by atoms with Crippen LogP contribution in [0, 0.1) is 0 Å². The van der Waals surface area contributed by atoms with Crippen LogP contribution in [0.15, 0.2) is 72.8 Å². The van der Waals surface area contributed by atoms with Gasteiger partial charge in [0, 0.05) is 36.8 Å². The Morgan fingerprint density at radius 2 is 1.15 bits per heavy atom. The zero-order chi connectivity index (χ0) is 53.8. The lowest BCUT2D eigenvalue weighted by atomic mass is 9.98. The average Bonchev–Trinajstić information content (AvgIpc) is 3.73. The molecule has 13 nitrogen and oxygen atoms in total. The van der Waals surface area contributed by atoms with Gasteiger partial charge in [-0.2, -0.15) is 11.8 Å². The number of carbonyl (C=O) groups is 4. The fourth-order valence-corrected chi connectivity index (χ4v) is 11.9. The van der Waals surface area contributed by atoms with Crippen molar-refractivity contribution in [1.82, 2.24) is 10.6 Å². The first-order chi connectivity index (χ1) is 36.6. The van der Waals surface area contributed by atoms with Crippen LogP contribution in [0.5, 0.6) is 5.75 Å². The number of esters is 2. The average molecular weight is 1080 g/mol. The van der Waals surface area contributed by atoms with Crippen molar-refractivity contribution in [3.8, 4) is 16.9 Å². The molecule has 75 heavy (non-hydrogen) atoms. The molecule has 0 fully saturated rings. The van der Waals surface area contributed by atoms with Crippen LogP contribution in [0.25, 0.3) is 11.1 Å². The number of hydrogen-bond acceptors (Lipinski definition) is 12. The van der Waals surface area contributed by atoms with Gasteiger partial charge < -0.3 is 38.6 Å². The highest BCUT2D eigenvalue weighted by atomic mass is 32.2. The van der Waals surface area contributed by atoms with E-state index in [9.17, 15) is 23.7 Å². The Morgan fingerprint density at radius 3 is 1.71 bits per heavy atom. The first-order valence-electron chi connectivity index (χ1n) is 28.5. The molecule has 2 atom stereocenters. The summed E-state index contributed by atoms with van der Waals surface area (Å²) < 4.78 is 46.9. The van der Waals surface area contributed by atoms with Crippen molar-refractivity contribution in [1.29, 1.82) is 0 Å². The fraction of sp³-hybridized carbons (Fsp3) is 0.633. The summed E-state index contributed by atoms with van der Waals surface area (Å²) in [6, 6.07) is 22.8. The van der Waals surface area contributed by atoms with Gasteiger partial charge in [-0.1, -0.05) is 177 Å². The number of hydrogen-bond donors (Lipinski definition) is 2. The zero-order valence-electron chi connectivity index (χ0n) is 45.9. The third-order valence-electron chi connectivity index (χ3n) is 13.4. The highest BCUT2D eigenvalue weighted by Crippen LogP contribution is 2.48. The summed E-state index contributed by atoms with van der Waals surface area (Å²) in [7, 11) is -3.14. The van der Waals surface area contributed by atoms with E-state index in [0.717, 1.165) is 72.8 Å². The molecular weight excluding hydrogens is 988 g/mol. The third-order valence-corrected chi connectivity index (χ3v) is 16.7. The molecule has 3 aromatic carbocycles. The molecule has 2 N–H and O–H groups in total. The Bertz CT molecular complexity index is 2070. The van der Waals surface area contributed by atoms with Crippen LogP contribution in [-0.4, -0.2) is 93.3 Å². The van der Waals surface area contributed by atoms with Gasteiger partial charge in [0.2, 0.25) is 5.91 Å². The Morgan fingerprint density at radius 1 is 0.613 bits per heavy atom. The highest BCUT2D eigenvalue weighted by molar-refractivity contribution is 7.99. The third kappa shape index (κ3) is 25.6. The minimum atomic E-state index is -3.14. The van der Waals surface area contributed by atoms with Crippen LogP contribution in [0.2, 0.25) is 0 Å². The predicted octanol–water partition coefficient (Wildman–Crippen LogP) is 14.3. The van der Waals surface area contributed by atoms with Crippen molar-refractivity contribution in [2.24, 2.45) is 0 Å². The Kier molecular flexibility index (Phi) is 32.2. The van der Waals surface area contributed by atoms with E-state index in [2.05, 4.69) is 48.7 Å². The molecule has 1 aliphatic carbocycles. The molecule has 0 radical (unpaired) electrons. The summed E-state index contributed by atoms with van der Waals surface area (Å²) >= 11 is 1.34. The van der Waals surface area contributed by atoms with E-state index in [1.165, 1.54) is 82.4 Å². The second-order valence-electron chi connectivity index (χ2n) is 19.6. The molecule has 2 amide bonds. The molecular formula is C60H91N2O11PS. The van der Waals surface area contributed by atoms with Gasteiger partial charge in [-0.15, -0.1) is 0 Å². The lowest BCUT2D eigenvalue weighted by Crippen LogP contribution is -2.49. The quantitative estimate of drug-likeness (QED) is 0.0239. The van der Waals surface area contributed by atoms with E-state index in [4.69, 9.17) is 28.0 Å². The molecule has 0 saturated carbocycles. The smallest absolute Gasteiger partial charge is 0.407 e. The maximum absolute atomic E-state index is 14.0. The van der Waals surface area contributed by atoms with Crippen LogP contribution in [-0.2, 0) is 48.6 Å². The number of ether oxygens (including phenoxy) is 4. The number of amides is 2. The van der Waals surface area contributed by atoms with E-state index in [-0.39, 0.29) is 55.2 Å². The summed E-state index contributed by atoms with van der Waals surface area (Å²) in [6.45, 7) is 9.29. The van der Waals surface area contributed by atoms with E-state index >= 15 is 0 Å². The standard InChI is InChI=1S/C60H91N2O11PS/c1-5-9-11-13-15-17-19-21-23-34-57(63)69-44-50(73-58(64)35-24-22-20-18-16-14-12-10-6-2)46-75-47-56(62-60(66)70-45-55-53-32-27-25-30-51(53)52-31-26-28-33-54(52)55)59(65)61-41-40-48-36-38-49(39-37-48)68-42-29-43-74(67,71-7-3)72-8-4/h25-28,30-33,36-39,50,55-56H,5-24,29,34-35,40-47H2,1-4H3,(H,61,65)(H,62,66). The lowest BCUT2D eigenvalue weighted by Gasteiger charge is -2.21. The van der Waals surface area contributed by atoms with Gasteiger partial charge in [0.05, 0.1) is 26.0 Å². The van der Waals surface area contributed by atoms with Gasteiger partial charge in [-0.25, -0.2) is 4.79 Å². The highest BCUT2D eigenvalue weighted by Gasteiger charge is 2.30. The van der Waals surface area contributed by atoms with Crippen molar-refractivity contribution < 1.29 is 51.7 Å². The van der Waals surface area contributed by atoms with E-state index in [1.807, 2.05) is 48.5 Å². The summed E-state index contributed by atoms with van der Waals surface area (Å²) in [5.41, 5.74) is 5.35. The second kappa shape index (κ2) is 38.2. The molecule has 1 aliphatic rings. The number of thioether (sulfide) groups is 1. The Hall–Kier alpha value is -4.36. The summed E-state index contributed by atoms with van der Waals surface area (Å²) in [5.74, 6) is -0.147. The van der Waals surface area contributed by atoms with Gasteiger partial charge in [-0.3, -0.25) is 18.9 Å². The van der Waals surface area contributed by atoms with Gasteiger partial charge in [0.15, 0.2) is 0 Å². The monoisotopic (exact) mass is 1080 g/mol. The zero-order valence-corrected chi connectivity index (χ0v) is 47.6. The summed E-state index contributed by atoms with van der Waals surface area (Å²) in [5, 5.41) is 5.83. The molecule has 4 rings (SSSR count). The maximum Gasteiger partial charge on any atom is 0.407 e. The largest absolute Gasteiger partial charge is 0.494 e. The topological polar surface area (TPSA) is 165 Å². The molecule has 0 heterocycles.